The molecule has 1 unspecified atom stereocenters. The summed E-state index contributed by atoms with van der Waals surface area (Å²) >= 11 is 3.55. The Labute approximate surface area is 129 Å². The van der Waals surface area contributed by atoms with E-state index in [1.807, 2.05) is 6.07 Å². The lowest BCUT2D eigenvalue weighted by molar-refractivity contribution is 0.122. The van der Waals surface area contributed by atoms with Crippen molar-refractivity contribution < 1.29 is 4.39 Å². The Hall–Kier alpha value is -0.450. The summed E-state index contributed by atoms with van der Waals surface area (Å²) in [5, 5.41) is 3.37. The van der Waals surface area contributed by atoms with Gasteiger partial charge in [-0.1, -0.05) is 42.3 Å². The maximum atomic E-state index is 14.4. The summed E-state index contributed by atoms with van der Waals surface area (Å²) in [4.78, 5) is 2.43. The predicted octanol–water partition coefficient (Wildman–Crippen LogP) is 3.97. The third kappa shape index (κ3) is 3.60. The van der Waals surface area contributed by atoms with Crippen LogP contribution in [-0.4, -0.2) is 31.1 Å². The molecule has 0 bridgehead atoms. The van der Waals surface area contributed by atoms with Gasteiger partial charge in [-0.15, -0.1) is 0 Å². The third-order valence-corrected chi connectivity index (χ3v) is 4.81. The van der Waals surface area contributed by atoms with Crippen LogP contribution in [0.4, 0.5) is 4.39 Å². The Morgan fingerprint density at radius 3 is 2.65 bits per heavy atom. The lowest BCUT2D eigenvalue weighted by atomic mass is 9.89. The number of hydrogen-bond donors (Lipinski definition) is 1. The van der Waals surface area contributed by atoms with Gasteiger partial charge in [0, 0.05) is 42.3 Å². The molecule has 1 aliphatic rings. The zero-order valence-corrected chi connectivity index (χ0v) is 13.9. The lowest BCUT2D eigenvalue weighted by Gasteiger charge is -2.39. The van der Waals surface area contributed by atoms with E-state index in [9.17, 15) is 4.39 Å². The molecule has 1 heterocycles. The van der Waals surface area contributed by atoms with Crippen LogP contribution in [0.15, 0.2) is 22.7 Å². The van der Waals surface area contributed by atoms with E-state index in [4.69, 9.17) is 0 Å². The molecule has 0 radical (unpaired) electrons. The SMILES string of the molecule is CCCC(C)[C@H](c1c(F)cccc1Br)N1CCNCC1. The van der Waals surface area contributed by atoms with Crippen LogP contribution in [0.2, 0.25) is 0 Å². The maximum Gasteiger partial charge on any atom is 0.129 e. The number of benzene rings is 1. The van der Waals surface area contributed by atoms with E-state index in [0.717, 1.165) is 49.1 Å². The standard InChI is InChI=1S/C16H24BrFN2/c1-3-5-12(2)16(20-10-8-19-9-11-20)15-13(17)6-4-7-14(15)18/h4,6-7,12,16,19H,3,5,8-11H2,1-2H3/t12?,16-/m1/s1. The Bertz CT molecular complexity index is 412. The second-order valence-corrected chi connectivity index (χ2v) is 6.49. The van der Waals surface area contributed by atoms with Crippen molar-refractivity contribution in [1.82, 2.24) is 10.2 Å². The van der Waals surface area contributed by atoms with Crippen LogP contribution < -0.4 is 5.32 Å². The molecule has 1 aliphatic heterocycles. The first kappa shape index (κ1) is 15.9. The van der Waals surface area contributed by atoms with Gasteiger partial charge in [0.1, 0.15) is 5.82 Å². The minimum absolute atomic E-state index is 0.0918. The Morgan fingerprint density at radius 2 is 2.05 bits per heavy atom. The molecule has 0 saturated carbocycles. The van der Waals surface area contributed by atoms with Crippen molar-refractivity contribution in [2.45, 2.75) is 32.7 Å². The molecular formula is C16H24BrFN2. The van der Waals surface area contributed by atoms with Crippen LogP contribution in [0.25, 0.3) is 0 Å². The van der Waals surface area contributed by atoms with Crippen molar-refractivity contribution in [2.24, 2.45) is 5.92 Å². The van der Waals surface area contributed by atoms with Crippen molar-refractivity contribution in [3.63, 3.8) is 0 Å². The summed E-state index contributed by atoms with van der Waals surface area (Å²) in [6, 6.07) is 5.45. The molecule has 1 saturated heterocycles. The van der Waals surface area contributed by atoms with Gasteiger partial charge >= 0.3 is 0 Å². The van der Waals surface area contributed by atoms with E-state index < -0.39 is 0 Å². The zero-order chi connectivity index (χ0) is 14.5. The number of nitrogens with zero attached hydrogens (tertiary/aromatic N) is 1. The normalized spacial score (nSPS) is 19.8. The van der Waals surface area contributed by atoms with Crippen LogP contribution >= 0.6 is 15.9 Å². The Balaban J connectivity index is 2.34. The van der Waals surface area contributed by atoms with Crippen LogP contribution in [0.1, 0.15) is 38.3 Å². The van der Waals surface area contributed by atoms with E-state index in [1.54, 1.807) is 12.1 Å². The smallest absolute Gasteiger partial charge is 0.129 e. The topological polar surface area (TPSA) is 15.3 Å². The number of halogens is 2. The minimum Gasteiger partial charge on any atom is -0.314 e. The van der Waals surface area contributed by atoms with Gasteiger partial charge < -0.3 is 5.32 Å². The second kappa shape index (κ2) is 7.53. The van der Waals surface area contributed by atoms with Crippen LogP contribution in [0, 0.1) is 11.7 Å². The molecule has 0 spiro atoms. The summed E-state index contributed by atoms with van der Waals surface area (Å²) in [6.45, 7) is 8.39. The summed E-state index contributed by atoms with van der Waals surface area (Å²) < 4.78 is 15.3. The molecular weight excluding hydrogens is 319 g/mol. The molecule has 2 rings (SSSR count). The molecule has 1 aromatic rings. The third-order valence-electron chi connectivity index (χ3n) is 4.12. The van der Waals surface area contributed by atoms with Crippen molar-refractivity contribution in [1.29, 1.82) is 0 Å². The monoisotopic (exact) mass is 342 g/mol. The average Bonchev–Trinajstić information content (AvgIpc) is 2.44. The predicted molar refractivity (Wildman–Crippen MR) is 85.4 cm³/mol. The van der Waals surface area contributed by atoms with Gasteiger partial charge in [-0.3, -0.25) is 4.90 Å². The summed E-state index contributed by atoms with van der Waals surface area (Å²) in [6.07, 6.45) is 2.26. The van der Waals surface area contributed by atoms with Crippen LogP contribution in [0.3, 0.4) is 0 Å². The average molecular weight is 343 g/mol. The van der Waals surface area contributed by atoms with Crippen molar-refractivity contribution in [2.75, 3.05) is 26.2 Å². The van der Waals surface area contributed by atoms with Gasteiger partial charge in [-0.2, -0.15) is 0 Å². The highest BCUT2D eigenvalue weighted by molar-refractivity contribution is 9.10. The molecule has 2 nitrogen and oxygen atoms in total. The van der Waals surface area contributed by atoms with Crippen LogP contribution in [-0.2, 0) is 0 Å². The number of nitrogens with one attached hydrogen (secondary N) is 1. The fourth-order valence-electron chi connectivity index (χ4n) is 3.19. The molecule has 0 amide bonds. The number of rotatable bonds is 5. The Morgan fingerprint density at radius 1 is 1.35 bits per heavy atom. The fraction of sp³-hybridized carbons (Fsp3) is 0.625. The van der Waals surface area contributed by atoms with E-state index in [2.05, 4.69) is 40.0 Å². The summed E-state index contributed by atoms with van der Waals surface area (Å²) in [5.74, 6) is 0.358. The molecule has 0 aliphatic carbocycles. The first-order valence-electron chi connectivity index (χ1n) is 7.53. The second-order valence-electron chi connectivity index (χ2n) is 5.63. The van der Waals surface area contributed by atoms with Crippen molar-refractivity contribution in [3.8, 4) is 0 Å². The van der Waals surface area contributed by atoms with E-state index in [1.165, 1.54) is 0 Å². The highest BCUT2D eigenvalue weighted by atomic mass is 79.9. The van der Waals surface area contributed by atoms with Gasteiger partial charge in [0.2, 0.25) is 0 Å². The summed E-state index contributed by atoms with van der Waals surface area (Å²) in [7, 11) is 0. The van der Waals surface area contributed by atoms with Crippen LogP contribution in [0.5, 0.6) is 0 Å². The quantitative estimate of drug-likeness (QED) is 0.870. The molecule has 112 valence electrons. The van der Waals surface area contributed by atoms with Gasteiger partial charge in [-0.25, -0.2) is 4.39 Å². The van der Waals surface area contributed by atoms with Gasteiger partial charge in [0.25, 0.3) is 0 Å². The lowest BCUT2D eigenvalue weighted by Crippen LogP contribution is -2.47. The van der Waals surface area contributed by atoms with E-state index in [0.29, 0.717) is 5.92 Å². The highest BCUT2D eigenvalue weighted by Crippen LogP contribution is 2.37. The van der Waals surface area contributed by atoms with Crippen molar-refractivity contribution >= 4 is 15.9 Å². The fourth-order valence-corrected chi connectivity index (χ4v) is 3.77. The molecule has 4 heteroatoms. The van der Waals surface area contributed by atoms with E-state index in [-0.39, 0.29) is 11.9 Å². The first-order valence-corrected chi connectivity index (χ1v) is 8.33. The molecule has 1 fully saturated rings. The molecule has 1 aromatic carbocycles. The van der Waals surface area contributed by atoms with Gasteiger partial charge in [0.15, 0.2) is 0 Å². The zero-order valence-electron chi connectivity index (χ0n) is 12.3. The number of piperazine rings is 1. The highest BCUT2D eigenvalue weighted by Gasteiger charge is 2.30. The van der Waals surface area contributed by atoms with E-state index >= 15 is 0 Å². The minimum atomic E-state index is -0.0918. The van der Waals surface area contributed by atoms with Crippen molar-refractivity contribution in [3.05, 3.63) is 34.1 Å². The largest absolute Gasteiger partial charge is 0.314 e. The molecule has 0 aromatic heterocycles. The Kier molecular flexibility index (Phi) is 6.00. The molecule has 1 N–H and O–H groups in total. The number of hydrogen-bond acceptors (Lipinski definition) is 2. The molecule has 2 atom stereocenters. The van der Waals surface area contributed by atoms with Gasteiger partial charge in [0.05, 0.1) is 0 Å². The first-order chi connectivity index (χ1) is 9.65. The summed E-state index contributed by atoms with van der Waals surface area (Å²) in [5.41, 5.74) is 0.829. The maximum absolute atomic E-state index is 14.4. The van der Waals surface area contributed by atoms with Gasteiger partial charge in [-0.05, 0) is 24.5 Å². The molecule has 20 heavy (non-hydrogen) atoms.